The fraction of sp³-hybridized carbons (Fsp3) is 0.763. The van der Waals surface area contributed by atoms with Gasteiger partial charge in [0.2, 0.25) is 0 Å². The van der Waals surface area contributed by atoms with E-state index in [9.17, 15) is 14.4 Å². The number of hydrogen-bond donors (Lipinski definition) is 0. The molecule has 1 saturated carbocycles. The van der Waals surface area contributed by atoms with Crippen molar-refractivity contribution >= 4 is 17.9 Å². The van der Waals surface area contributed by atoms with Gasteiger partial charge in [-0.1, -0.05) is 33.1 Å². The van der Waals surface area contributed by atoms with E-state index >= 15 is 0 Å². The molecule has 1 fully saturated rings. The second kappa shape index (κ2) is 16.8. The second-order valence-corrected chi connectivity index (χ2v) is 16.2. The largest absolute Gasteiger partial charge is 0.456 e. The second-order valence-electron chi connectivity index (χ2n) is 16.2. The SMILES string of the molecule is C=CC(=O)OC(C)(C)CCOC(C)(C)CC1(CC)CC(C)(OCCC(C)(C)OC(=O)C=C)CC(C)(OCCC(C)(C)OC(=O)C=C)C1. The topological polar surface area (TPSA) is 107 Å². The van der Waals surface area contributed by atoms with Crippen molar-refractivity contribution in [2.45, 2.75) is 161 Å². The van der Waals surface area contributed by atoms with Gasteiger partial charge in [0.05, 0.1) is 36.6 Å². The molecule has 0 heterocycles. The van der Waals surface area contributed by atoms with Crippen LogP contribution in [0.25, 0.3) is 0 Å². The summed E-state index contributed by atoms with van der Waals surface area (Å²) in [6.07, 6.45) is 8.95. The lowest BCUT2D eigenvalue weighted by Gasteiger charge is -2.55. The molecule has 9 heteroatoms. The van der Waals surface area contributed by atoms with Crippen molar-refractivity contribution in [3.8, 4) is 0 Å². The lowest BCUT2D eigenvalue weighted by molar-refractivity contribution is -0.200. The van der Waals surface area contributed by atoms with Crippen molar-refractivity contribution in [1.29, 1.82) is 0 Å². The van der Waals surface area contributed by atoms with Gasteiger partial charge in [0.1, 0.15) is 16.8 Å². The van der Waals surface area contributed by atoms with Crippen LogP contribution in [0.2, 0.25) is 0 Å². The number of ether oxygens (including phenoxy) is 6. The molecule has 0 aliphatic heterocycles. The summed E-state index contributed by atoms with van der Waals surface area (Å²) in [6.45, 7) is 33.6. The van der Waals surface area contributed by atoms with E-state index in [1.807, 2.05) is 41.5 Å². The van der Waals surface area contributed by atoms with Crippen LogP contribution < -0.4 is 0 Å². The van der Waals surface area contributed by atoms with Gasteiger partial charge >= 0.3 is 17.9 Å². The molecule has 1 aliphatic carbocycles. The van der Waals surface area contributed by atoms with Crippen LogP contribution in [0.1, 0.15) is 128 Å². The quantitative estimate of drug-likeness (QED) is 0.0685. The molecule has 0 bridgehead atoms. The van der Waals surface area contributed by atoms with Crippen LogP contribution in [-0.4, -0.2) is 71.3 Å². The van der Waals surface area contributed by atoms with E-state index in [1.165, 1.54) is 18.2 Å². The molecule has 1 aliphatic rings. The third kappa shape index (κ3) is 15.5. The molecular weight excluding hydrogens is 600 g/mol. The van der Waals surface area contributed by atoms with Gasteiger partial charge in [-0.2, -0.15) is 0 Å². The summed E-state index contributed by atoms with van der Waals surface area (Å²) in [5, 5.41) is 0. The van der Waals surface area contributed by atoms with Gasteiger partial charge in [0.25, 0.3) is 0 Å². The highest BCUT2D eigenvalue weighted by atomic mass is 16.6. The first-order valence-electron chi connectivity index (χ1n) is 16.9. The summed E-state index contributed by atoms with van der Waals surface area (Å²) >= 11 is 0. The van der Waals surface area contributed by atoms with E-state index in [0.29, 0.717) is 45.5 Å². The zero-order valence-electron chi connectivity index (χ0n) is 31.3. The fourth-order valence-corrected chi connectivity index (χ4v) is 6.98. The highest BCUT2D eigenvalue weighted by Gasteiger charge is 2.53. The zero-order valence-corrected chi connectivity index (χ0v) is 31.3. The molecule has 0 aromatic carbocycles. The molecule has 1 rings (SSSR count). The van der Waals surface area contributed by atoms with Crippen molar-refractivity contribution in [3.63, 3.8) is 0 Å². The number of hydrogen-bond acceptors (Lipinski definition) is 9. The third-order valence-electron chi connectivity index (χ3n) is 8.93. The summed E-state index contributed by atoms with van der Waals surface area (Å²) in [6, 6.07) is 0. The highest BCUT2D eigenvalue weighted by molar-refractivity contribution is 5.82. The van der Waals surface area contributed by atoms with Gasteiger partial charge in [0.15, 0.2) is 0 Å². The van der Waals surface area contributed by atoms with Crippen molar-refractivity contribution in [3.05, 3.63) is 38.0 Å². The summed E-state index contributed by atoms with van der Waals surface area (Å²) in [5.41, 5.74) is -3.87. The van der Waals surface area contributed by atoms with Crippen LogP contribution in [0.5, 0.6) is 0 Å². The van der Waals surface area contributed by atoms with E-state index in [4.69, 9.17) is 28.4 Å². The summed E-state index contributed by atoms with van der Waals surface area (Å²) in [4.78, 5) is 35.5. The molecule has 0 N–H and O–H groups in total. The average Bonchev–Trinajstić information content (AvgIpc) is 2.90. The molecule has 0 saturated heterocycles. The lowest BCUT2D eigenvalue weighted by atomic mass is 9.58. The molecule has 47 heavy (non-hydrogen) atoms. The standard InChI is InChI=1S/C38H64O9/c1-15-29(39)45-32(5,6)19-22-42-35(11,12)25-38(18-4)27-36(13,43-23-20-33(7,8)46-30(40)16-2)26-37(14,28-38)44-24-21-34(9,10)47-31(41)17-3/h15-17H,1-3,18-28H2,4-14H3. The van der Waals surface area contributed by atoms with Crippen LogP contribution in [0, 0.1) is 5.41 Å². The predicted molar refractivity (Wildman–Crippen MR) is 185 cm³/mol. The lowest BCUT2D eigenvalue weighted by Crippen LogP contribution is -2.55. The Labute approximate surface area is 284 Å². The number of carbonyl (C=O) groups is 3. The minimum absolute atomic E-state index is 0.189. The summed E-state index contributed by atoms with van der Waals surface area (Å²) < 4.78 is 36.4. The van der Waals surface area contributed by atoms with Gasteiger partial charge < -0.3 is 28.4 Å². The maximum absolute atomic E-state index is 11.9. The molecule has 0 spiro atoms. The molecule has 270 valence electrons. The average molecular weight is 665 g/mol. The van der Waals surface area contributed by atoms with E-state index < -0.39 is 51.5 Å². The van der Waals surface area contributed by atoms with Crippen molar-refractivity contribution in [1.82, 2.24) is 0 Å². The Balaban J connectivity index is 3.21. The van der Waals surface area contributed by atoms with Crippen LogP contribution in [0.3, 0.4) is 0 Å². The molecule has 9 nitrogen and oxygen atoms in total. The minimum Gasteiger partial charge on any atom is -0.456 e. The van der Waals surface area contributed by atoms with Crippen LogP contribution >= 0.6 is 0 Å². The smallest absolute Gasteiger partial charge is 0.330 e. The fourth-order valence-electron chi connectivity index (χ4n) is 6.98. The molecular formula is C38H64O9. The van der Waals surface area contributed by atoms with E-state index in [2.05, 4.69) is 54.4 Å². The van der Waals surface area contributed by atoms with Crippen molar-refractivity contribution in [2.75, 3.05) is 19.8 Å². The number of esters is 3. The molecule has 0 aromatic heterocycles. The molecule has 0 amide bonds. The monoisotopic (exact) mass is 664 g/mol. The van der Waals surface area contributed by atoms with E-state index in [0.717, 1.165) is 25.7 Å². The Kier molecular flexibility index (Phi) is 15.2. The van der Waals surface area contributed by atoms with Crippen LogP contribution in [0.15, 0.2) is 38.0 Å². The van der Waals surface area contributed by atoms with Gasteiger partial charge in [-0.15, -0.1) is 0 Å². The van der Waals surface area contributed by atoms with E-state index in [1.54, 1.807) is 0 Å². The summed E-state index contributed by atoms with van der Waals surface area (Å²) in [7, 11) is 0. The Bertz CT molecular complexity index is 1040. The Morgan fingerprint density at radius 2 is 0.936 bits per heavy atom. The molecule has 0 radical (unpaired) electrons. The first-order valence-corrected chi connectivity index (χ1v) is 16.9. The Morgan fingerprint density at radius 1 is 0.596 bits per heavy atom. The Hall–Kier alpha value is -2.49. The molecule has 2 unspecified atom stereocenters. The van der Waals surface area contributed by atoms with Gasteiger partial charge in [-0.3, -0.25) is 0 Å². The van der Waals surface area contributed by atoms with Gasteiger partial charge in [-0.05, 0) is 93.9 Å². The number of carbonyl (C=O) groups excluding carboxylic acids is 3. The number of rotatable bonds is 21. The third-order valence-corrected chi connectivity index (χ3v) is 8.93. The van der Waals surface area contributed by atoms with Gasteiger partial charge in [-0.25, -0.2) is 14.4 Å². The first kappa shape index (κ1) is 42.5. The van der Waals surface area contributed by atoms with Gasteiger partial charge in [0, 0.05) is 43.9 Å². The Morgan fingerprint density at radius 3 is 1.26 bits per heavy atom. The molecule has 0 aromatic rings. The first-order chi connectivity index (χ1) is 21.4. The molecule has 2 atom stereocenters. The normalized spacial score (nSPS) is 23.8. The van der Waals surface area contributed by atoms with Crippen molar-refractivity contribution < 1.29 is 42.8 Å². The predicted octanol–water partition coefficient (Wildman–Crippen LogP) is 8.00. The summed E-state index contributed by atoms with van der Waals surface area (Å²) in [5.74, 6) is -1.38. The van der Waals surface area contributed by atoms with Crippen molar-refractivity contribution in [2.24, 2.45) is 5.41 Å². The minimum atomic E-state index is -0.712. The van der Waals surface area contributed by atoms with E-state index in [-0.39, 0.29) is 5.41 Å². The van der Waals surface area contributed by atoms with Crippen LogP contribution in [0.4, 0.5) is 0 Å². The maximum Gasteiger partial charge on any atom is 0.330 e. The zero-order chi connectivity index (χ0) is 36.4. The van der Waals surface area contributed by atoms with Crippen LogP contribution in [-0.2, 0) is 42.8 Å². The maximum atomic E-state index is 11.9. The highest BCUT2D eigenvalue weighted by Crippen LogP contribution is 2.55.